The monoisotopic (exact) mass is 770 g/mol. The topological polar surface area (TPSA) is 9.23 Å². The minimum absolute atomic E-state index is 0.569. The van der Waals surface area contributed by atoms with Crippen molar-refractivity contribution in [1.29, 1.82) is 0 Å². The number of rotatable bonds is 10. The Balaban J connectivity index is 1.12. The lowest BCUT2D eigenvalue weighted by Gasteiger charge is -2.35. The zero-order valence-corrected chi connectivity index (χ0v) is 34.3. The van der Waals surface area contributed by atoms with E-state index in [2.05, 4.69) is 190 Å². The van der Waals surface area contributed by atoms with Gasteiger partial charge >= 0.3 is 0 Å². The average molecular weight is 771 g/mol. The molecule has 1 heteroatoms. The van der Waals surface area contributed by atoms with Gasteiger partial charge in [0.25, 0.3) is 0 Å². The van der Waals surface area contributed by atoms with Crippen molar-refractivity contribution in [3.63, 3.8) is 0 Å². The summed E-state index contributed by atoms with van der Waals surface area (Å²) in [6, 6.07) is 67.0. The standard InChI is InChI=1S/C59H46O/c1-3-5-10-37(4-2)36-60-46-28-26-45(27-29-46)59(53-34-25-43-20-18-39-12-9-14-41-23-33-51(53)58(43)56(39)41)52-16-7-6-15-48(52)49-31-24-44(35-54(49)59)47-30-21-42-19-17-38-11-8-13-40-22-32-50(47)57(42)55(38)40/h6-9,11-35,37H,3-5,10,36H2,1-2H3. The van der Waals surface area contributed by atoms with Gasteiger partial charge in [0, 0.05) is 0 Å². The van der Waals surface area contributed by atoms with Crippen LogP contribution in [0.5, 0.6) is 5.75 Å². The highest BCUT2D eigenvalue weighted by Gasteiger charge is 2.47. The SMILES string of the molecule is CCCCC(CC)COc1ccc(C2(c3ccc4ccc5cccc6ccc3c4c56)c3ccccc3-c3ccc(-c4ccc5ccc6cccc7ccc4c5c67)cc32)cc1. The minimum atomic E-state index is -0.598. The summed E-state index contributed by atoms with van der Waals surface area (Å²) in [6.45, 7) is 5.32. The molecule has 0 aliphatic heterocycles. The van der Waals surface area contributed by atoms with Crippen LogP contribution in [0.1, 0.15) is 61.8 Å². The van der Waals surface area contributed by atoms with Gasteiger partial charge in [-0.15, -0.1) is 0 Å². The zero-order valence-electron chi connectivity index (χ0n) is 34.3. The maximum Gasteiger partial charge on any atom is 0.119 e. The molecule has 288 valence electrons. The fraction of sp³-hybridized carbons (Fsp3) is 0.153. The number of ether oxygens (including phenoxy) is 1. The largest absolute Gasteiger partial charge is 0.493 e. The third-order valence-electron chi connectivity index (χ3n) is 14.1. The summed E-state index contributed by atoms with van der Waals surface area (Å²) in [5, 5.41) is 15.7. The average Bonchev–Trinajstić information content (AvgIpc) is 3.60. The van der Waals surface area contributed by atoms with Gasteiger partial charge in [0.15, 0.2) is 0 Å². The van der Waals surface area contributed by atoms with Gasteiger partial charge in [-0.2, -0.15) is 0 Å². The van der Waals surface area contributed by atoms with Crippen molar-refractivity contribution >= 4 is 64.6 Å². The van der Waals surface area contributed by atoms with E-state index >= 15 is 0 Å². The molecule has 0 aromatic heterocycles. The van der Waals surface area contributed by atoms with Crippen molar-refractivity contribution < 1.29 is 4.74 Å². The van der Waals surface area contributed by atoms with Gasteiger partial charge in [0.05, 0.1) is 12.0 Å². The summed E-state index contributed by atoms with van der Waals surface area (Å²) >= 11 is 0. The molecule has 0 saturated heterocycles. The van der Waals surface area contributed by atoms with Crippen LogP contribution >= 0.6 is 0 Å². The van der Waals surface area contributed by atoms with Crippen LogP contribution in [-0.2, 0) is 5.41 Å². The lowest BCUT2D eigenvalue weighted by Crippen LogP contribution is -2.29. The van der Waals surface area contributed by atoms with E-state index in [9.17, 15) is 0 Å². The van der Waals surface area contributed by atoms with E-state index in [-0.39, 0.29) is 0 Å². The van der Waals surface area contributed by atoms with Crippen molar-refractivity contribution in [1.82, 2.24) is 0 Å². The van der Waals surface area contributed by atoms with Crippen LogP contribution in [-0.4, -0.2) is 6.61 Å². The molecule has 1 aliphatic rings. The Hall–Kier alpha value is -6.70. The predicted molar refractivity (Wildman–Crippen MR) is 255 cm³/mol. The molecule has 2 unspecified atom stereocenters. The molecule has 1 nitrogen and oxygen atoms in total. The first-order valence-electron chi connectivity index (χ1n) is 22.0. The summed E-state index contributed by atoms with van der Waals surface area (Å²) in [5.41, 5.74) is 9.69. The molecule has 1 aliphatic carbocycles. The van der Waals surface area contributed by atoms with Crippen LogP contribution in [0, 0.1) is 5.92 Å². The number of hydrogen-bond donors (Lipinski definition) is 0. The third kappa shape index (κ3) is 5.05. The van der Waals surface area contributed by atoms with Gasteiger partial charge in [0.2, 0.25) is 0 Å². The Kier molecular flexibility index (Phi) is 8.04. The molecule has 0 saturated carbocycles. The number of unbranched alkanes of at least 4 members (excludes halogenated alkanes) is 1. The first kappa shape index (κ1) is 35.3. The first-order valence-corrected chi connectivity index (χ1v) is 22.0. The van der Waals surface area contributed by atoms with Crippen LogP contribution in [0.3, 0.4) is 0 Å². The van der Waals surface area contributed by atoms with Crippen LogP contribution < -0.4 is 4.74 Å². The molecule has 0 spiro atoms. The number of fused-ring (bicyclic) bond motifs is 3. The van der Waals surface area contributed by atoms with Gasteiger partial charge in [-0.3, -0.25) is 0 Å². The van der Waals surface area contributed by atoms with E-state index in [0.29, 0.717) is 5.92 Å². The van der Waals surface area contributed by atoms with E-state index < -0.39 is 5.41 Å². The van der Waals surface area contributed by atoms with E-state index in [1.165, 1.54) is 128 Å². The molecular formula is C59H46O. The molecule has 0 bridgehead atoms. The molecule has 0 radical (unpaired) electrons. The normalized spacial score (nSPS) is 15.5. The van der Waals surface area contributed by atoms with Crippen molar-refractivity contribution in [2.24, 2.45) is 5.92 Å². The fourth-order valence-corrected chi connectivity index (χ4v) is 11.2. The predicted octanol–water partition coefficient (Wildman–Crippen LogP) is 16.1. The maximum absolute atomic E-state index is 6.56. The summed E-state index contributed by atoms with van der Waals surface area (Å²) in [6.07, 6.45) is 4.82. The second-order valence-electron chi connectivity index (χ2n) is 17.2. The van der Waals surface area contributed by atoms with Crippen LogP contribution in [0.2, 0.25) is 0 Å². The Bertz CT molecular complexity index is 3380. The molecule has 12 rings (SSSR count). The summed E-state index contributed by atoms with van der Waals surface area (Å²) in [4.78, 5) is 0. The molecule has 11 aromatic rings. The number of hydrogen-bond acceptors (Lipinski definition) is 1. The van der Waals surface area contributed by atoms with Crippen molar-refractivity contribution in [3.05, 3.63) is 198 Å². The van der Waals surface area contributed by atoms with Crippen LogP contribution in [0.25, 0.3) is 86.9 Å². The second-order valence-corrected chi connectivity index (χ2v) is 17.2. The quantitative estimate of drug-likeness (QED) is 0.126. The lowest BCUT2D eigenvalue weighted by molar-refractivity contribution is 0.233. The molecular weight excluding hydrogens is 725 g/mol. The smallest absolute Gasteiger partial charge is 0.119 e. The first-order chi connectivity index (χ1) is 29.6. The summed E-state index contributed by atoms with van der Waals surface area (Å²) in [5.74, 6) is 1.51. The highest BCUT2D eigenvalue weighted by atomic mass is 16.5. The Labute approximate surface area is 351 Å². The van der Waals surface area contributed by atoms with Crippen LogP contribution in [0.4, 0.5) is 0 Å². The fourth-order valence-electron chi connectivity index (χ4n) is 11.2. The van der Waals surface area contributed by atoms with E-state index in [0.717, 1.165) is 18.8 Å². The molecule has 11 aromatic carbocycles. The highest BCUT2D eigenvalue weighted by molar-refractivity contribution is 6.26. The lowest BCUT2D eigenvalue weighted by atomic mass is 9.66. The second kappa shape index (κ2) is 13.7. The number of benzene rings is 11. The minimum Gasteiger partial charge on any atom is -0.493 e. The molecule has 0 amide bonds. The maximum atomic E-state index is 6.56. The van der Waals surface area contributed by atoms with E-state index in [1.54, 1.807) is 0 Å². The molecule has 2 atom stereocenters. The van der Waals surface area contributed by atoms with Gasteiger partial charge in [-0.25, -0.2) is 0 Å². The Morgan fingerprint density at radius 3 is 1.70 bits per heavy atom. The van der Waals surface area contributed by atoms with Crippen molar-refractivity contribution in [2.75, 3.05) is 6.61 Å². The van der Waals surface area contributed by atoms with Crippen molar-refractivity contribution in [3.8, 4) is 28.0 Å². The summed E-state index contributed by atoms with van der Waals surface area (Å²) in [7, 11) is 0. The van der Waals surface area contributed by atoms with Crippen LogP contribution in [0.15, 0.2) is 176 Å². The molecule has 60 heavy (non-hydrogen) atoms. The van der Waals surface area contributed by atoms with Gasteiger partial charge in [-0.05, 0) is 140 Å². The molecule has 0 N–H and O–H groups in total. The molecule has 0 heterocycles. The van der Waals surface area contributed by atoms with E-state index in [4.69, 9.17) is 4.74 Å². The van der Waals surface area contributed by atoms with E-state index in [1.807, 2.05) is 0 Å². The van der Waals surface area contributed by atoms with Gasteiger partial charge < -0.3 is 4.74 Å². The Morgan fingerprint density at radius 2 is 1.02 bits per heavy atom. The molecule has 0 fully saturated rings. The highest BCUT2D eigenvalue weighted by Crippen LogP contribution is 2.59. The zero-order chi connectivity index (χ0) is 40.0. The Morgan fingerprint density at radius 1 is 0.450 bits per heavy atom. The summed E-state index contributed by atoms with van der Waals surface area (Å²) < 4.78 is 6.56. The third-order valence-corrected chi connectivity index (χ3v) is 14.1. The van der Waals surface area contributed by atoms with Gasteiger partial charge in [0.1, 0.15) is 5.75 Å². The van der Waals surface area contributed by atoms with Crippen molar-refractivity contribution in [2.45, 2.75) is 44.9 Å². The van der Waals surface area contributed by atoms with Gasteiger partial charge in [-0.1, -0.05) is 191 Å².